The summed E-state index contributed by atoms with van der Waals surface area (Å²) in [6.07, 6.45) is 0.789. The fourth-order valence-corrected chi connectivity index (χ4v) is 4.68. The van der Waals surface area contributed by atoms with Crippen LogP contribution in [0.5, 0.6) is 0 Å². The quantitative estimate of drug-likeness (QED) is 0.493. The summed E-state index contributed by atoms with van der Waals surface area (Å²) >= 11 is 0. The highest BCUT2D eigenvalue weighted by Crippen LogP contribution is 2.31. The van der Waals surface area contributed by atoms with Crippen LogP contribution >= 0.6 is 0 Å². The number of nitrogens with one attached hydrogen (secondary N) is 1. The summed E-state index contributed by atoms with van der Waals surface area (Å²) < 4.78 is 9.79. The van der Waals surface area contributed by atoms with Gasteiger partial charge >= 0.3 is 0 Å². The van der Waals surface area contributed by atoms with Crippen LogP contribution in [0.25, 0.3) is 28.1 Å². The number of imidazole rings is 2. The average Bonchev–Trinajstić information content (AvgIpc) is 3.35. The minimum atomic E-state index is 0.434. The van der Waals surface area contributed by atoms with E-state index in [1.165, 1.54) is 0 Å². The first kappa shape index (κ1) is 20.4. The van der Waals surface area contributed by atoms with Crippen LogP contribution in [0.1, 0.15) is 12.7 Å². The summed E-state index contributed by atoms with van der Waals surface area (Å²) in [5.41, 5.74) is 3.63. The Morgan fingerprint density at radius 2 is 1.88 bits per heavy atom. The van der Waals surface area contributed by atoms with Crippen LogP contribution in [-0.2, 0) is 18.2 Å². The van der Waals surface area contributed by atoms with E-state index in [1.54, 1.807) is 0 Å². The summed E-state index contributed by atoms with van der Waals surface area (Å²) in [6, 6.07) is 8.60. The number of ether oxygens (including phenoxy) is 1. The molecule has 0 saturated carbocycles. The van der Waals surface area contributed by atoms with Crippen molar-refractivity contribution in [2.24, 2.45) is 7.05 Å². The third-order valence-corrected chi connectivity index (χ3v) is 6.75. The first-order valence-electron chi connectivity index (χ1n) is 11.6. The van der Waals surface area contributed by atoms with Gasteiger partial charge in [0.1, 0.15) is 5.82 Å². The molecule has 0 radical (unpaired) electrons. The first-order valence-corrected chi connectivity index (χ1v) is 11.6. The number of anilines is 2. The average molecular weight is 448 g/mol. The number of likely N-dealkylation sites (N-methyl/N-ethyl adjacent to an activating group) is 1. The van der Waals surface area contributed by atoms with Gasteiger partial charge in [0.05, 0.1) is 30.3 Å². The molecule has 0 unspecified atom stereocenters. The van der Waals surface area contributed by atoms with Gasteiger partial charge in [0.15, 0.2) is 17.0 Å². The van der Waals surface area contributed by atoms with Crippen molar-refractivity contribution >= 4 is 34.0 Å². The van der Waals surface area contributed by atoms with Crippen molar-refractivity contribution in [3.63, 3.8) is 0 Å². The molecule has 5 heterocycles. The second-order valence-corrected chi connectivity index (χ2v) is 8.72. The van der Waals surface area contributed by atoms with Crippen molar-refractivity contribution in [1.29, 1.82) is 0 Å². The number of para-hydroxylation sites is 2. The van der Waals surface area contributed by atoms with E-state index in [0.29, 0.717) is 25.2 Å². The summed E-state index contributed by atoms with van der Waals surface area (Å²) in [5.74, 6) is 3.35. The molecule has 10 heteroatoms. The molecule has 2 aliphatic rings. The lowest BCUT2D eigenvalue weighted by Gasteiger charge is -2.36. The van der Waals surface area contributed by atoms with Crippen LogP contribution in [-0.4, -0.2) is 81.6 Å². The first-order chi connectivity index (χ1) is 16.2. The molecule has 2 fully saturated rings. The van der Waals surface area contributed by atoms with E-state index in [0.717, 1.165) is 72.4 Å². The van der Waals surface area contributed by atoms with Gasteiger partial charge in [0, 0.05) is 46.7 Å². The molecule has 1 N–H and O–H groups in total. The highest BCUT2D eigenvalue weighted by molar-refractivity contribution is 5.87. The lowest BCUT2D eigenvalue weighted by Crippen LogP contribution is -2.56. The molecule has 0 aliphatic carbocycles. The van der Waals surface area contributed by atoms with Crippen molar-refractivity contribution in [3.05, 3.63) is 30.1 Å². The SMILES string of the molecule is CCc1nc2ccccc2n1-c1nc(N2CCOCC2)c2nc(N(C)C3CNC3)n(C)c2n1. The highest BCUT2D eigenvalue weighted by atomic mass is 16.5. The van der Waals surface area contributed by atoms with Crippen LogP contribution in [0.3, 0.4) is 0 Å². The lowest BCUT2D eigenvalue weighted by atomic mass is 10.1. The topological polar surface area (TPSA) is 89.2 Å². The minimum Gasteiger partial charge on any atom is -0.378 e. The molecule has 10 nitrogen and oxygen atoms in total. The zero-order valence-electron chi connectivity index (χ0n) is 19.3. The van der Waals surface area contributed by atoms with E-state index in [1.807, 2.05) is 25.2 Å². The number of hydrogen-bond acceptors (Lipinski definition) is 8. The summed E-state index contributed by atoms with van der Waals surface area (Å²) in [5, 5.41) is 3.35. The van der Waals surface area contributed by atoms with Gasteiger partial charge in [-0.05, 0) is 12.1 Å². The number of fused-ring (bicyclic) bond motifs is 2. The third kappa shape index (κ3) is 3.24. The Kier molecular flexibility index (Phi) is 4.92. The Hall–Kier alpha value is -3.24. The summed E-state index contributed by atoms with van der Waals surface area (Å²) in [7, 11) is 4.15. The standard InChI is InChI=1S/C23H29N9O/c1-4-18-25-16-7-5-6-8-17(16)32(18)22-27-20-19(21(28-22)31-9-11-33-12-10-31)26-23(30(20)3)29(2)15-13-24-14-15/h5-8,15,24H,4,9-14H2,1-3H3. The number of benzene rings is 1. The van der Waals surface area contributed by atoms with E-state index in [-0.39, 0.29) is 0 Å². The van der Waals surface area contributed by atoms with Gasteiger partial charge in [-0.25, -0.2) is 9.97 Å². The van der Waals surface area contributed by atoms with Crippen molar-refractivity contribution in [2.45, 2.75) is 19.4 Å². The van der Waals surface area contributed by atoms with Crippen molar-refractivity contribution in [3.8, 4) is 5.95 Å². The molecule has 33 heavy (non-hydrogen) atoms. The summed E-state index contributed by atoms with van der Waals surface area (Å²) in [6.45, 7) is 6.98. The molecular weight excluding hydrogens is 418 g/mol. The zero-order chi connectivity index (χ0) is 22.5. The number of hydrogen-bond donors (Lipinski definition) is 1. The number of morpholine rings is 1. The fraction of sp³-hybridized carbons (Fsp3) is 0.478. The zero-order valence-corrected chi connectivity index (χ0v) is 19.3. The number of aromatic nitrogens is 6. The molecule has 0 spiro atoms. The van der Waals surface area contributed by atoms with Gasteiger partial charge in [-0.15, -0.1) is 0 Å². The molecule has 172 valence electrons. The second-order valence-electron chi connectivity index (χ2n) is 8.72. The maximum Gasteiger partial charge on any atom is 0.239 e. The van der Waals surface area contributed by atoms with Crippen molar-refractivity contribution in [2.75, 3.05) is 56.2 Å². The van der Waals surface area contributed by atoms with Crippen LogP contribution in [0.15, 0.2) is 24.3 Å². The molecule has 4 aromatic rings. The fourth-order valence-electron chi connectivity index (χ4n) is 4.68. The molecule has 1 aromatic carbocycles. The highest BCUT2D eigenvalue weighted by Gasteiger charge is 2.28. The predicted octanol–water partition coefficient (Wildman–Crippen LogP) is 1.51. The van der Waals surface area contributed by atoms with E-state index in [2.05, 4.69) is 44.3 Å². The number of aryl methyl sites for hydroxylation is 2. The van der Waals surface area contributed by atoms with Crippen molar-refractivity contribution in [1.82, 2.24) is 34.4 Å². The van der Waals surface area contributed by atoms with Crippen molar-refractivity contribution < 1.29 is 4.74 Å². The molecule has 2 saturated heterocycles. The Labute approximate surface area is 192 Å². The maximum absolute atomic E-state index is 5.61. The number of rotatable bonds is 5. The number of nitrogens with zero attached hydrogens (tertiary/aromatic N) is 8. The van der Waals surface area contributed by atoms with Gasteiger partial charge in [-0.1, -0.05) is 19.1 Å². The smallest absolute Gasteiger partial charge is 0.239 e. The van der Waals surface area contributed by atoms with E-state index in [4.69, 9.17) is 24.7 Å². The van der Waals surface area contributed by atoms with Gasteiger partial charge in [0.2, 0.25) is 11.9 Å². The van der Waals surface area contributed by atoms with Gasteiger partial charge in [-0.2, -0.15) is 9.97 Å². The lowest BCUT2D eigenvalue weighted by molar-refractivity contribution is 0.122. The van der Waals surface area contributed by atoms with Gasteiger partial charge < -0.3 is 19.9 Å². The Bertz CT molecular complexity index is 1320. The normalized spacial score (nSPS) is 17.1. The molecule has 6 rings (SSSR count). The third-order valence-electron chi connectivity index (χ3n) is 6.75. The monoisotopic (exact) mass is 447 g/mol. The molecule has 0 atom stereocenters. The van der Waals surface area contributed by atoms with Crippen LogP contribution in [0, 0.1) is 0 Å². The summed E-state index contributed by atoms with van der Waals surface area (Å²) in [4.78, 5) is 24.5. The van der Waals surface area contributed by atoms with E-state index >= 15 is 0 Å². The molecule has 0 bridgehead atoms. The predicted molar refractivity (Wildman–Crippen MR) is 128 cm³/mol. The molecule has 0 amide bonds. The van der Waals surface area contributed by atoms with Gasteiger partial charge in [-0.3, -0.25) is 9.13 Å². The van der Waals surface area contributed by atoms with Gasteiger partial charge in [0.25, 0.3) is 0 Å². The van der Waals surface area contributed by atoms with Crippen LogP contribution in [0.4, 0.5) is 11.8 Å². The minimum absolute atomic E-state index is 0.434. The molecule has 2 aliphatic heterocycles. The maximum atomic E-state index is 5.61. The molecule has 3 aromatic heterocycles. The van der Waals surface area contributed by atoms with Crippen LogP contribution < -0.4 is 15.1 Å². The molecular formula is C23H29N9O. The second kappa shape index (κ2) is 7.96. The Balaban J connectivity index is 1.58. The Morgan fingerprint density at radius 1 is 1.09 bits per heavy atom. The largest absolute Gasteiger partial charge is 0.378 e. The Morgan fingerprint density at radius 3 is 2.61 bits per heavy atom. The van der Waals surface area contributed by atoms with E-state index < -0.39 is 0 Å². The van der Waals surface area contributed by atoms with Crippen LogP contribution in [0.2, 0.25) is 0 Å². The van der Waals surface area contributed by atoms with E-state index in [9.17, 15) is 0 Å².